The van der Waals surface area contributed by atoms with E-state index in [1.54, 1.807) is 0 Å². The molecular formula is C19H26N2O2. The Morgan fingerprint density at radius 1 is 1.13 bits per heavy atom. The molecule has 2 heterocycles. The van der Waals surface area contributed by atoms with Gasteiger partial charge in [-0.05, 0) is 30.7 Å². The molecule has 1 aromatic rings. The maximum Gasteiger partial charge on any atom is 0.233 e. The molecule has 0 aromatic heterocycles. The van der Waals surface area contributed by atoms with Gasteiger partial charge in [-0.3, -0.25) is 9.69 Å². The minimum absolute atomic E-state index is 0.199. The van der Waals surface area contributed by atoms with Crippen LogP contribution in [0.4, 0.5) is 0 Å². The van der Waals surface area contributed by atoms with Crippen molar-refractivity contribution in [3.05, 3.63) is 35.9 Å². The lowest BCUT2D eigenvalue weighted by atomic mass is 9.94. The molecule has 1 aliphatic carbocycles. The van der Waals surface area contributed by atoms with Crippen LogP contribution in [0.5, 0.6) is 0 Å². The Kier molecular flexibility index (Phi) is 4.12. The molecule has 124 valence electrons. The summed E-state index contributed by atoms with van der Waals surface area (Å²) in [6.45, 7) is 6.77. The van der Waals surface area contributed by atoms with Gasteiger partial charge in [-0.1, -0.05) is 30.3 Å². The largest absolute Gasteiger partial charge is 0.379 e. The third-order valence-corrected chi connectivity index (χ3v) is 5.68. The van der Waals surface area contributed by atoms with Crippen molar-refractivity contribution < 1.29 is 9.53 Å². The number of carbonyl (C=O) groups excluding carboxylic acids is 1. The Bertz CT molecular complexity index is 550. The Morgan fingerprint density at radius 3 is 2.57 bits per heavy atom. The van der Waals surface area contributed by atoms with Crippen molar-refractivity contribution in [3.63, 3.8) is 0 Å². The second-order valence-electron chi connectivity index (χ2n) is 7.27. The zero-order valence-corrected chi connectivity index (χ0v) is 13.7. The predicted octanol–water partition coefficient (Wildman–Crippen LogP) is 1.90. The number of morpholine rings is 1. The number of hydrogen-bond donors (Lipinski definition) is 0. The lowest BCUT2D eigenvalue weighted by Crippen LogP contribution is -2.41. The van der Waals surface area contributed by atoms with E-state index in [1.165, 1.54) is 5.56 Å². The second kappa shape index (κ2) is 6.25. The van der Waals surface area contributed by atoms with E-state index < -0.39 is 0 Å². The van der Waals surface area contributed by atoms with Crippen molar-refractivity contribution in [2.75, 3.05) is 45.9 Å². The van der Waals surface area contributed by atoms with Crippen LogP contribution in [0.3, 0.4) is 0 Å². The molecule has 1 amide bonds. The summed E-state index contributed by atoms with van der Waals surface area (Å²) < 4.78 is 5.42. The first-order valence-electron chi connectivity index (χ1n) is 8.93. The summed E-state index contributed by atoms with van der Waals surface area (Å²) >= 11 is 0. The number of amides is 1. The van der Waals surface area contributed by atoms with Crippen molar-refractivity contribution in [3.8, 4) is 0 Å². The fourth-order valence-corrected chi connectivity index (χ4v) is 4.13. The summed E-state index contributed by atoms with van der Waals surface area (Å²) in [5, 5.41) is 0. The molecule has 4 rings (SSSR count). The number of hydrogen-bond acceptors (Lipinski definition) is 3. The average Bonchev–Trinajstić information content (AvgIpc) is 3.30. The van der Waals surface area contributed by atoms with Crippen LogP contribution in [0.1, 0.15) is 24.8 Å². The first-order chi connectivity index (χ1) is 11.3. The van der Waals surface area contributed by atoms with Gasteiger partial charge in [0.25, 0.3) is 0 Å². The Morgan fingerprint density at radius 2 is 1.87 bits per heavy atom. The average molecular weight is 314 g/mol. The van der Waals surface area contributed by atoms with Gasteiger partial charge in [0, 0.05) is 32.7 Å². The number of nitrogens with zero attached hydrogens (tertiary/aromatic N) is 2. The van der Waals surface area contributed by atoms with E-state index in [4.69, 9.17) is 4.74 Å². The van der Waals surface area contributed by atoms with Crippen LogP contribution in [0.2, 0.25) is 0 Å². The van der Waals surface area contributed by atoms with E-state index >= 15 is 0 Å². The molecule has 2 aliphatic heterocycles. The van der Waals surface area contributed by atoms with Crippen LogP contribution >= 0.6 is 0 Å². The summed E-state index contributed by atoms with van der Waals surface area (Å²) in [5.74, 6) is 0.997. The third kappa shape index (κ3) is 3.02. The number of benzene rings is 1. The zero-order chi connectivity index (χ0) is 15.7. The summed E-state index contributed by atoms with van der Waals surface area (Å²) in [6.07, 6.45) is 3.18. The molecule has 3 aliphatic rings. The van der Waals surface area contributed by atoms with E-state index in [0.29, 0.717) is 11.8 Å². The third-order valence-electron chi connectivity index (χ3n) is 5.68. The van der Waals surface area contributed by atoms with Gasteiger partial charge in [0.1, 0.15) is 0 Å². The molecule has 4 heteroatoms. The molecule has 0 N–H and O–H groups in total. The van der Waals surface area contributed by atoms with E-state index in [1.807, 2.05) is 18.2 Å². The van der Waals surface area contributed by atoms with E-state index in [2.05, 4.69) is 21.9 Å². The van der Waals surface area contributed by atoms with Gasteiger partial charge < -0.3 is 9.64 Å². The summed E-state index contributed by atoms with van der Waals surface area (Å²) in [4.78, 5) is 17.7. The molecule has 23 heavy (non-hydrogen) atoms. The maximum absolute atomic E-state index is 13.1. The van der Waals surface area contributed by atoms with Crippen LogP contribution in [-0.2, 0) is 14.9 Å². The Balaban J connectivity index is 1.37. The molecule has 1 saturated carbocycles. The minimum atomic E-state index is -0.199. The summed E-state index contributed by atoms with van der Waals surface area (Å²) in [7, 11) is 0. The van der Waals surface area contributed by atoms with Crippen LogP contribution in [0.25, 0.3) is 0 Å². The van der Waals surface area contributed by atoms with Crippen molar-refractivity contribution in [1.29, 1.82) is 0 Å². The van der Waals surface area contributed by atoms with E-state index in [0.717, 1.165) is 65.2 Å². The minimum Gasteiger partial charge on any atom is -0.379 e. The first kappa shape index (κ1) is 15.2. The van der Waals surface area contributed by atoms with Gasteiger partial charge in [-0.15, -0.1) is 0 Å². The summed E-state index contributed by atoms with van der Waals surface area (Å²) in [5.41, 5.74) is 1.01. The number of ether oxygens (including phenoxy) is 1. The topological polar surface area (TPSA) is 32.8 Å². The molecule has 2 saturated heterocycles. The molecule has 0 unspecified atom stereocenters. The molecule has 0 bridgehead atoms. The monoisotopic (exact) mass is 314 g/mol. The van der Waals surface area contributed by atoms with Crippen LogP contribution in [-0.4, -0.2) is 61.6 Å². The molecule has 4 nitrogen and oxygen atoms in total. The van der Waals surface area contributed by atoms with Crippen LogP contribution < -0.4 is 0 Å². The van der Waals surface area contributed by atoms with Crippen molar-refractivity contribution >= 4 is 5.91 Å². The molecule has 1 atom stereocenters. The lowest BCUT2D eigenvalue weighted by molar-refractivity contribution is -0.133. The van der Waals surface area contributed by atoms with E-state index in [-0.39, 0.29) is 5.41 Å². The standard InChI is InChI=1S/C19H26N2O2/c22-18(19(7-8-19)17-4-2-1-3-5-17)21-9-6-16(15-21)14-20-10-12-23-13-11-20/h1-5,16H,6-15H2/t16-/m1/s1. The highest BCUT2D eigenvalue weighted by molar-refractivity contribution is 5.91. The highest BCUT2D eigenvalue weighted by Crippen LogP contribution is 2.50. The van der Waals surface area contributed by atoms with Gasteiger partial charge in [-0.25, -0.2) is 0 Å². The van der Waals surface area contributed by atoms with Crippen LogP contribution in [0, 0.1) is 5.92 Å². The first-order valence-corrected chi connectivity index (χ1v) is 8.93. The number of likely N-dealkylation sites (tertiary alicyclic amines) is 1. The molecule has 0 radical (unpaired) electrons. The van der Waals surface area contributed by atoms with Crippen molar-refractivity contribution in [2.24, 2.45) is 5.92 Å². The molecule has 3 fully saturated rings. The van der Waals surface area contributed by atoms with E-state index in [9.17, 15) is 4.79 Å². The lowest BCUT2D eigenvalue weighted by Gasteiger charge is -2.29. The second-order valence-corrected chi connectivity index (χ2v) is 7.27. The highest BCUT2D eigenvalue weighted by atomic mass is 16.5. The smallest absolute Gasteiger partial charge is 0.233 e. The SMILES string of the molecule is O=C(N1CC[C@H](CN2CCOCC2)C1)C1(c2ccccc2)CC1. The number of rotatable bonds is 4. The zero-order valence-electron chi connectivity index (χ0n) is 13.7. The summed E-state index contributed by atoms with van der Waals surface area (Å²) in [6, 6.07) is 10.4. The molecule has 0 spiro atoms. The quantitative estimate of drug-likeness (QED) is 0.851. The highest BCUT2D eigenvalue weighted by Gasteiger charge is 2.53. The van der Waals surface area contributed by atoms with Crippen LogP contribution in [0.15, 0.2) is 30.3 Å². The molecular weight excluding hydrogens is 288 g/mol. The van der Waals surface area contributed by atoms with Gasteiger partial charge in [0.05, 0.1) is 18.6 Å². The Hall–Kier alpha value is -1.39. The van der Waals surface area contributed by atoms with Crippen molar-refractivity contribution in [1.82, 2.24) is 9.80 Å². The van der Waals surface area contributed by atoms with Gasteiger partial charge in [0.2, 0.25) is 5.91 Å². The van der Waals surface area contributed by atoms with Crippen molar-refractivity contribution in [2.45, 2.75) is 24.7 Å². The van der Waals surface area contributed by atoms with Gasteiger partial charge in [-0.2, -0.15) is 0 Å². The Labute approximate surface area is 138 Å². The van der Waals surface area contributed by atoms with Gasteiger partial charge >= 0.3 is 0 Å². The molecule has 1 aromatic carbocycles. The van der Waals surface area contributed by atoms with Gasteiger partial charge in [0.15, 0.2) is 0 Å². The normalized spacial score (nSPS) is 27.1. The predicted molar refractivity (Wildman–Crippen MR) is 89.3 cm³/mol. The fraction of sp³-hybridized carbons (Fsp3) is 0.632. The maximum atomic E-state index is 13.1. The fourth-order valence-electron chi connectivity index (χ4n) is 4.13. The number of carbonyl (C=O) groups is 1.